The monoisotopic (exact) mass is 446 g/mol. The molecule has 3 fully saturated rings. The molecule has 174 valence electrons. The van der Waals surface area contributed by atoms with E-state index < -0.39 is 46.8 Å². The molecule has 8 heteroatoms. The molecule has 0 radical (unpaired) electrons. The summed E-state index contributed by atoms with van der Waals surface area (Å²) in [5.74, 6) is -2.56. The molecule has 0 aromatic carbocycles. The Balaban J connectivity index is 1.75. The minimum absolute atomic E-state index is 0.143. The van der Waals surface area contributed by atoms with Crippen molar-refractivity contribution in [1.82, 2.24) is 0 Å². The number of ketones is 1. The van der Waals surface area contributed by atoms with Gasteiger partial charge >= 0.3 is 17.9 Å². The maximum atomic E-state index is 13.8. The lowest BCUT2D eigenvalue weighted by atomic mass is 9.43. The number of hydrogen-bond donors (Lipinski definition) is 0. The van der Waals surface area contributed by atoms with Gasteiger partial charge in [-0.15, -0.1) is 0 Å². The van der Waals surface area contributed by atoms with Gasteiger partial charge in [0.25, 0.3) is 0 Å². The number of carbonyl (C=O) groups is 4. The highest BCUT2D eigenvalue weighted by Crippen LogP contribution is 2.65. The number of Topliss-reactive ketones (excluding diaryl/α,β-unsaturated/α-hetero) is 1. The molecule has 2 heterocycles. The van der Waals surface area contributed by atoms with E-state index in [4.69, 9.17) is 18.6 Å². The van der Waals surface area contributed by atoms with Crippen molar-refractivity contribution in [2.24, 2.45) is 28.6 Å². The van der Waals surface area contributed by atoms with Crippen LogP contribution in [0, 0.1) is 28.6 Å². The molecule has 0 spiro atoms. The van der Waals surface area contributed by atoms with Gasteiger partial charge in [0, 0.05) is 31.2 Å². The average molecular weight is 446 g/mol. The van der Waals surface area contributed by atoms with Crippen molar-refractivity contribution in [2.45, 2.75) is 65.6 Å². The molecule has 1 aliphatic heterocycles. The van der Waals surface area contributed by atoms with E-state index in [1.165, 1.54) is 20.1 Å². The second-order valence-corrected chi connectivity index (χ2v) is 9.96. The summed E-state index contributed by atoms with van der Waals surface area (Å²) in [6.07, 6.45) is 3.61. The third kappa shape index (κ3) is 3.63. The third-order valence-corrected chi connectivity index (χ3v) is 8.00. The highest BCUT2D eigenvalue weighted by molar-refractivity contribution is 5.91. The van der Waals surface area contributed by atoms with Crippen molar-refractivity contribution < 1.29 is 37.8 Å². The van der Waals surface area contributed by atoms with Crippen molar-refractivity contribution in [2.75, 3.05) is 6.61 Å². The molecule has 1 saturated heterocycles. The Hall–Kier alpha value is -2.64. The number of cyclic esters (lactones) is 1. The van der Waals surface area contributed by atoms with Gasteiger partial charge in [-0.2, -0.15) is 0 Å². The van der Waals surface area contributed by atoms with E-state index in [2.05, 4.69) is 0 Å². The summed E-state index contributed by atoms with van der Waals surface area (Å²) in [4.78, 5) is 50.1. The van der Waals surface area contributed by atoms with Crippen LogP contribution in [-0.2, 0) is 33.4 Å². The lowest BCUT2D eigenvalue weighted by Crippen LogP contribution is -2.64. The molecule has 0 amide bonds. The first-order valence-electron chi connectivity index (χ1n) is 11.1. The molecule has 4 rings (SSSR count). The highest BCUT2D eigenvalue weighted by Gasteiger charge is 2.66. The predicted molar refractivity (Wildman–Crippen MR) is 110 cm³/mol. The number of carbonyl (C=O) groups excluding carboxylic acids is 4. The van der Waals surface area contributed by atoms with Crippen LogP contribution in [0.4, 0.5) is 0 Å². The summed E-state index contributed by atoms with van der Waals surface area (Å²) in [5.41, 5.74) is -0.455. The van der Waals surface area contributed by atoms with Gasteiger partial charge in [0.1, 0.15) is 6.10 Å². The summed E-state index contributed by atoms with van der Waals surface area (Å²) in [7, 11) is 0. The Bertz CT molecular complexity index is 920. The third-order valence-electron chi connectivity index (χ3n) is 8.00. The maximum Gasteiger partial charge on any atom is 0.310 e. The minimum atomic E-state index is -0.924. The Morgan fingerprint density at radius 3 is 2.53 bits per heavy atom. The summed E-state index contributed by atoms with van der Waals surface area (Å²) in [6, 6.07) is 1.76. The van der Waals surface area contributed by atoms with Gasteiger partial charge in [-0.3, -0.25) is 19.2 Å². The van der Waals surface area contributed by atoms with Crippen LogP contribution in [0.3, 0.4) is 0 Å². The molecule has 1 aromatic rings. The van der Waals surface area contributed by atoms with Crippen LogP contribution in [0.2, 0.25) is 0 Å². The number of esters is 3. The molecule has 0 N–H and O–H groups in total. The van der Waals surface area contributed by atoms with Crippen molar-refractivity contribution in [3.05, 3.63) is 24.2 Å². The minimum Gasteiger partial charge on any atom is -0.472 e. The number of hydrogen-bond acceptors (Lipinski definition) is 8. The van der Waals surface area contributed by atoms with Crippen LogP contribution in [-0.4, -0.2) is 36.4 Å². The molecular weight excluding hydrogens is 416 g/mol. The van der Waals surface area contributed by atoms with E-state index in [9.17, 15) is 19.2 Å². The predicted octanol–water partition coefficient (Wildman–Crippen LogP) is 3.39. The molecule has 8 nitrogen and oxygen atoms in total. The van der Waals surface area contributed by atoms with Gasteiger partial charge in [-0.1, -0.05) is 13.8 Å². The highest BCUT2D eigenvalue weighted by atomic mass is 16.6. The van der Waals surface area contributed by atoms with E-state index in [-0.39, 0.29) is 24.3 Å². The Morgan fingerprint density at radius 1 is 1.16 bits per heavy atom. The van der Waals surface area contributed by atoms with Gasteiger partial charge in [0.05, 0.1) is 25.1 Å². The van der Waals surface area contributed by atoms with E-state index in [0.717, 1.165) is 5.56 Å². The van der Waals surface area contributed by atoms with Gasteiger partial charge in [0.2, 0.25) is 0 Å². The molecule has 7 atom stereocenters. The van der Waals surface area contributed by atoms with Crippen LogP contribution >= 0.6 is 0 Å². The second-order valence-electron chi connectivity index (χ2n) is 9.96. The normalized spacial score (nSPS) is 38.8. The number of rotatable bonds is 4. The zero-order chi connectivity index (χ0) is 23.3. The number of fused-ring (bicyclic) bond motifs is 3. The molecule has 32 heavy (non-hydrogen) atoms. The Kier molecular flexibility index (Phi) is 5.67. The van der Waals surface area contributed by atoms with Crippen LogP contribution in [0.25, 0.3) is 0 Å². The topological polar surface area (TPSA) is 109 Å². The van der Waals surface area contributed by atoms with Crippen molar-refractivity contribution in [3.63, 3.8) is 0 Å². The average Bonchev–Trinajstić information content (AvgIpc) is 3.22. The summed E-state index contributed by atoms with van der Waals surface area (Å²) in [6.45, 7) is 6.79. The first-order chi connectivity index (χ1) is 15.1. The molecule has 0 bridgehead atoms. The van der Waals surface area contributed by atoms with Crippen LogP contribution in [0.15, 0.2) is 23.0 Å². The Labute approximate surface area is 186 Å². The van der Waals surface area contributed by atoms with E-state index in [1.54, 1.807) is 12.3 Å². The number of furan rings is 1. The van der Waals surface area contributed by atoms with Gasteiger partial charge in [-0.05, 0) is 42.6 Å². The van der Waals surface area contributed by atoms with Crippen LogP contribution in [0.5, 0.6) is 0 Å². The summed E-state index contributed by atoms with van der Waals surface area (Å²) >= 11 is 0. The van der Waals surface area contributed by atoms with E-state index in [1.807, 2.05) is 13.8 Å². The lowest BCUT2D eigenvalue weighted by Gasteiger charge is -2.61. The van der Waals surface area contributed by atoms with Crippen molar-refractivity contribution in [3.8, 4) is 0 Å². The zero-order valence-electron chi connectivity index (χ0n) is 18.9. The fourth-order valence-electron chi connectivity index (χ4n) is 6.54. The summed E-state index contributed by atoms with van der Waals surface area (Å²) < 4.78 is 21.7. The molecule has 2 saturated carbocycles. The first kappa shape index (κ1) is 22.6. The Morgan fingerprint density at radius 2 is 1.91 bits per heavy atom. The van der Waals surface area contributed by atoms with Crippen molar-refractivity contribution >= 4 is 23.7 Å². The first-order valence-corrected chi connectivity index (χ1v) is 11.1. The smallest absolute Gasteiger partial charge is 0.310 e. The fourth-order valence-corrected chi connectivity index (χ4v) is 6.54. The van der Waals surface area contributed by atoms with Gasteiger partial charge < -0.3 is 18.6 Å². The zero-order valence-corrected chi connectivity index (χ0v) is 18.9. The molecule has 1 aromatic heterocycles. The molecular formula is C24H30O8. The fraction of sp³-hybridized carbons (Fsp3) is 0.667. The second kappa shape index (κ2) is 8.05. The quantitative estimate of drug-likeness (QED) is 0.511. The number of ether oxygens (including phenoxy) is 3. The van der Waals surface area contributed by atoms with E-state index in [0.29, 0.717) is 25.7 Å². The molecule has 3 aliphatic rings. The van der Waals surface area contributed by atoms with Gasteiger partial charge in [-0.25, -0.2) is 0 Å². The maximum absolute atomic E-state index is 13.8. The molecule has 2 aliphatic carbocycles. The van der Waals surface area contributed by atoms with E-state index >= 15 is 0 Å². The largest absolute Gasteiger partial charge is 0.472 e. The van der Waals surface area contributed by atoms with Crippen LogP contribution in [0.1, 0.15) is 65.0 Å². The molecule has 0 unspecified atom stereocenters. The standard InChI is InChI=1S/C24H30O8/c1-13(25)30-12-16-9-18(31-14(2)26)20(27)21-23(16,3)7-5-17-22(28)32-19(10-24(17,21)4)15-6-8-29-11-15/h6,8,11,16-19,21H,5,7,9-10,12H2,1-4H3/t16-,17-,18-,19-,21-,23-,24-/m0/s1. The van der Waals surface area contributed by atoms with Crippen molar-refractivity contribution in [1.29, 1.82) is 0 Å². The van der Waals surface area contributed by atoms with Crippen LogP contribution < -0.4 is 0 Å². The lowest BCUT2D eigenvalue weighted by molar-refractivity contribution is -0.210. The van der Waals surface area contributed by atoms with Gasteiger partial charge in [0.15, 0.2) is 11.9 Å². The SMILES string of the molecule is CC(=O)OC[C@@H]1C[C@H](OC(C)=O)C(=O)[C@H]2[C@@]1(C)CC[C@H]1C(=O)O[C@H](c3ccoc3)C[C@]21C. The summed E-state index contributed by atoms with van der Waals surface area (Å²) in [5, 5.41) is 0.